The van der Waals surface area contributed by atoms with Crippen molar-refractivity contribution in [3.05, 3.63) is 0 Å². The van der Waals surface area contributed by atoms with E-state index in [2.05, 4.69) is 5.32 Å². The van der Waals surface area contributed by atoms with Crippen LogP contribution in [0.2, 0.25) is 0 Å². The van der Waals surface area contributed by atoms with Gasteiger partial charge in [0.2, 0.25) is 0 Å². The van der Waals surface area contributed by atoms with Gasteiger partial charge in [0, 0.05) is 0 Å². The van der Waals surface area contributed by atoms with Crippen molar-refractivity contribution in [3.63, 3.8) is 0 Å². The zero-order valence-corrected chi connectivity index (χ0v) is 8.88. The molecule has 0 amide bonds. The van der Waals surface area contributed by atoms with Gasteiger partial charge in [-0.15, -0.1) is 0 Å². The Hall–Kier alpha value is -0.590. The molecule has 14 heavy (non-hydrogen) atoms. The van der Waals surface area contributed by atoms with Gasteiger partial charge in [-0.25, -0.2) is 0 Å². The van der Waals surface area contributed by atoms with Crippen molar-refractivity contribution in [2.45, 2.75) is 11.6 Å². The van der Waals surface area contributed by atoms with Crippen LogP contribution >= 0.6 is 15.8 Å². The second kappa shape index (κ2) is 6.00. The third-order valence-electron chi connectivity index (χ3n) is 1.39. The average molecular weight is 235 g/mol. The van der Waals surface area contributed by atoms with E-state index in [0.717, 1.165) is 0 Å². The molecule has 0 saturated carbocycles. The molecule has 0 saturated heterocycles. The van der Waals surface area contributed by atoms with E-state index in [9.17, 15) is 19.0 Å². The number of likely N-dealkylation sites (N-methyl/N-ethyl adjacent to an activating group) is 1. The third kappa shape index (κ3) is 3.28. The molecule has 0 aromatic carbocycles. The molecule has 76 valence electrons. The van der Waals surface area contributed by atoms with Crippen LogP contribution in [-0.2, 0) is 13.9 Å². The fourth-order valence-electron chi connectivity index (χ4n) is 0.804. The Balaban J connectivity index is 5.41. The van der Waals surface area contributed by atoms with E-state index in [-0.39, 0.29) is 0 Å². The van der Waals surface area contributed by atoms with Gasteiger partial charge in [-0.05, 0) is 0 Å². The van der Waals surface area contributed by atoms with Gasteiger partial charge < -0.3 is 0 Å². The molecule has 0 rings (SSSR count). The van der Waals surface area contributed by atoms with Crippen LogP contribution in [0.5, 0.6) is 0 Å². The summed E-state index contributed by atoms with van der Waals surface area (Å²) in [6, 6.07) is -1.51. The second-order valence-electron chi connectivity index (χ2n) is 2.23. The molecular weight excluding hydrogens is 228 g/mol. The number of carboxylic acid groups (broad SMARTS) is 1. The molecule has 0 bridgehead atoms. The van der Waals surface area contributed by atoms with Crippen LogP contribution in [0.15, 0.2) is 0 Å². The van der Waals surface area contributed by atoms with Crippen LogP contribution < -0.4 is 5.32 Å². The molecule has 0 unspecified atom stereocenters. The number of carboxylic acids is 1. The molecule has 8 heteroatoms. The Bertz CT molecular complexity index is 393. The molecule has 0 spiro atoms. The number of hydrogen-bond acceptors (Lipinski definition) is 5. The van der Waals surface area contributed by atoms with Crippen LogP contribution in [-0.4, -0.2) is 34.9 Å². The molecule has 3 N–H and O–H groups in total. The van der Waals surface area contributed by atoms with Gasteiger partial charge in [-0.1, -0.05) is 0 Å². The summed E-state index contributed by atoms with van der Waals surface area (Å²) in [7, 11) is -0.127. The first-order chi connectivity index (χ1) is 6.51. The Labute approximate surface area is 81.9 Å². The van der Waals surface area contributed by atoms with Crippen LogP contribution in [0.3, 0.4) is 0 Å². The summed E-state index contributed by atoms with van der Waals surface area (Å²) in [4.78, 5) is 10.6. The van der Waals surface area contributed by atoms with Crippen LogP contribution in [0.25, 0.3) is 0 Å². The van der Waals surface area contributed by atoms with E-state index in [1.165, 1.54) is 7.05 Å². The van der Waals surface area contributed by atoms with Crippen molar-refractivity contribution in [3.8, 4) is 11.3 Å². The van der Waals surface area contributed by atoms with Crippen LogP contribution in [0.4, 0.5) is 0 Å². The monoisotopic (exact) mass is 235 g/mol. The molecule has 0 aromatic heterocycles. The zero-order chi connectivity index (χ0) is 11.2. The van der Waals surface area contributed by atoms with E-state index in [0.29, 0.717) is 0 Å². The Morgan fingerprint density at radius 3 is 2.07 bits per heavy atom. The number of carbonyl (C=O) groups is 1. The number of aliphatic hydroxyl groups is 1. The molecule has 0 aliphatic carbocycles. The molecular formula is C6H7NO5P2. The van der Waals surface area contributed by atoms with Gasteiger partial charge in [-0.3, -0.25) is 0 Å². The number of nitrogens with one attached hydrogen (secondary N) is 1. The average Bonchev–Trinajstić information content (AvgIpc) is 2.04. The molecule has 0 aliphatic heterocycles. The molecule has 0 radical (unpaired) electrons. The van der Waals surface area contributed by atoms with Crippen LogP contribution in [0.1, 0.15) is 0 Å². The predicted octanol–water partition coefficient (Wildman–Crippen LogP) is -0.108. The van der Waals surface area contributed by atoms with Gasteiger partial charge in [0.15, 0.2) is 0 Å². The summed E-state index contributed by atoms with van der Waals surface area (Å²) in [5, 5.41) is 20.5. The first-order valence-corrected chi connectivity index (χ1v) is 4.95. The molecule has 6 nitrogen and oxygen atoms in total. The predicted molar refractivity (Wildman–Crippen MR) is 48.4 cm³/mol. The van der Waals surface area contributed by atoms with Crippen molar-refractivity contribution in [2.24, 2.45) is 0 Å². The SMILES string of the molecule is CN[C@H](C(=O)O)C(O)(C#P=O)C#P=O. The quantitative estimate of drug-likeness (QED) is 0.589. The molecule has 0 aliphatic rings. The number of hydrogen-bond donors (Lipinski definition) is 3. The first kappa shape index (κ1) is 13.4. The minimum absolute atomic E-state index is 0.701. The normalized spacial score (nSPS) is 15.6. The van der Waals surface area contributed by atoms with E-state index < -0.39 is 33.4 Å². The Kier molecular flexibility index (Phi) is 5.75. The summed E-state index contributed by atoms with van der Waals surface area (Å²) in [6.45, 7) is 0. The minimum atomic E-state index is -2.27. The maximum atomic E-state index is 10.6. The molecule has 0 heterocycles. The maximum absolute atomic E-state index is 10.6. The first-order valence-electron chi connectivity index (χ1n) is 3.33. The van der Waals surface area contributed by atoms with Crippen molar-refractivity contribution in [1.82, 2.24) is 5.32 Å². The van der Waals surface area contributed by atoms with Crippen molar-refractivity contribution in [2.75, 3.05) is 7.05 Å². The van der Waals surface area contributed by atoms with Gasteiger partial charge in [0.25, 0.3) is 0 Å². The van der Waals surface area contributed by atoms with Crippen LogP contribution in [0, 0.1) is 11.3 Å². The van der Waals surface area contributed by atoms with E-state index in [4.69, 9.17) is 5.11 Å². The standard InChI is InChI=1S/C6H7NO5P2/c1-7-4(5(8)9)6(10,2-13-11)3-14-12/h4,7,10H,1H3,(H,8,9)/t4-/m1/s1. The summed E-state index contributed by atoms with van der Waals surface area (Å²) in [5.74, 6) is -1.40. The second-order valence-corrected chi connectivity index (χ2v) is 3.04. The van der Waals surface area contributed by atoms with E-state index in [1.807, 2.05) is 11.3 Å². The Morgan fingerprint density at radius 2 is 1.86 bits per heavy atom. The van der Waals surface area contributed by atoms with E-state index in [1.54, 1.807) is 0 Å². The fraction of sp³-hybridized carbons (Fsp3) is 0.500. The number of rotatable bonds is 3. The molecule has 0 aromatic rings. The summed E-state index contributed by atoms with van der Waals surface area (Å²) >= 11 is 0. The molecule has 0 fully saturated rings. The summed E-state index contributed by atoms with van der Waals surface area (Å²) < 4.78 is 20.4. The summed E-state index contributed by atoms with van der Waals surface area (Å²) in [6.07, 6.45) is 0. The summed E-state index contributed by atoms with van der Waals surface area (Å²) in [5.41, 5.74) is 1.54. The third-order valence-corrected chi connectivity index (χ3v) is 2.25. The molecule has 1 atom stereocenters. The van der Waals surface area contributed by atoms with Crippen molar-refractivity contribution in [1.29, 1.82) is 0 Å². The van der Waals surface area contributed by atoms with Crippen molar-refractivity contribution < 1.29 is 24.1 Å². The number of aliphatic carboxylic acids is 1. The zero-order valence-electron chi connectivity index (χ0n) is 7.09. The topological polar surface area (TPSA) is 104 Å². The van der Waals surface area contributed by atoms with Gasteiger partial charge in [0.1, 0.15) is 0 Å². The van der Waals surface area contributed by atoms with Gasteiger partial charge in [0.05, 0.1) is 0 Å². The Morgan fingerprint density at radius 1 is 1.43 bits per heavy atom. The van der Waals surface area contributed by atoms with Crippen molar-refractivity contribution >= 4 is 21.8 Å². The van der Waals surface area contributed by atoms with E-state index >= 15 is 0 Å². The van der Waals surface area contributed by atoms with Gasteiger partial charge >= 0.3 is 81.2 Å². The van der Waals surface area contributed by atoms with Gasteiger partial charge in [-0.2, -0.15) is 0 Å². The fourth-order valence-corrected chi connectivity index (χ4v) is 1.54.